The molecule has 3 rings (SSSR count). The van der Waals surface area contributed by atoms with Crippen LogP contribution in [0, 0.1) is 0 Å². The second kappa shape index (κ2) is 6.96. The van der Waals surface area contributed by atoms with Gasteiger partial charge in [-0.1, -0.05) is 17.7 Å². The largest absolute Gasteiger partial charge is 0.495 e. The van der Waals surface area contributed by atoms with Crippen LogP contribution in [-0.4, -0.2) is 39.6 Å². The molecular weight excluding hydrogens is 350 g/mol. The number of methoxy groups -OCH3 is 1. The molecule has 24 heavy (non-hydrogen) atoms. The van der Waals surface area contributed by atoms with E-state index in [0.29, 0.717) is 12.3 Å². The monoisotopic (exact) mass is 367 g/mol. The SMILES string of the molecule is COc1ccc(S(=O)(=O)N[C@H]2CCN(c3ccccn3)C2)cc1Cl. The van der Waals surface area contributed by atoms with Crippen molar-refractivity contribution in [1.29, 1.82) is 0 Å². The molecule has 1 aromatic carbocycles. The number of aromatic nitrogens is 1. The summed E-state index contributed by atoms with van der Waals surface area (Å²) in [6.07, 6.45) is 2.45. The summed E-state index contributed by atoms with van der Waals surface area (Å²) < 4.78 is 32.9. The molecule has 128 valence electrons. The lowest BCUT2D eigenvalue weighted by atomic mass is 10.3. The number of ether oxygens (including phenoxy) is 1. The molecule has 0 saturated carbocycles. The first-order chi connectivity index (χ1) is 11.5. The minimum atomic E-state index is -3.63. The maximum Gasteiger partial charge on any atom is 0.240 e. The molecule has 0 aliphatic carbocycles. The topological polar surface area (TPSA) is 71.5 Å². The molecule has 1 aromatic heterocycles. The van der Waals surface area contributed by atoms with Crippen LogP contribution < -0.4 is 14.4 Å². The Morgan fingerprint density at radius 1 is 1.33 bits per heavy atom. The van der Waals surface area contributed by atoms with Crippen molar-refractivity contribution in [2.45, 2.75) is 17.4 Å². The van der Waals surface area contributed by atoms with E-state index in [0.717, 1.165) is 18.8 Å². The fraction of sp³-hybridized carbons (Fsp3) is 0.312. The van der Waals surface area contributed by atoms with Gasteiger partial charge in [-0.3, -0.25) is 0 Å². The van der Waals surface area contributed by atoms with Crippen molar-refractivity contribution < 1.29 is 13.2 Å². The van der Waals surface area contributed by atoms with Gasteiger partial charge in [-0.15, -0.1) is 0 Å². The molecule has 0 amide bonds. The highest BCUT2D eigenvalue weighted by molar-refractivity contribution is 7.89. The van der Waals surface area contributed by atoms with Gasteiger partial charge in [0.1, 0.15) is 11.6 Å². The Hall–Kier alpha value is -1.83. The van der Waals surface area contributed by atoms with Crippen molar-refractivity contribution >= 4 is 27.4 Å². The Kier molecular flexibility index (Phi) is 4.93. The zero-order chi connectivity index (χ0) is 17.2. The third kappa shape index (κ3) is 3.63. The summed E-state index contributed by atoms with van der Waals surface area (Å²) in [5, 5.41) is 0.266. The Bertz CT molecular complexity index is 815. The molecule has 1 fully saturated rings. The van der Waals surface area contributed by atoms with Gasteiger partial charge in [-0.05, 0) is 36.8 Å². The Balaban J connectivity index is 1.70. The average Bonchev–Trinajstić information content (AvgIpc) is 3.03. The van der Waals surface area contributed by atoms with Gasteiger partial charge in [-0.2, -0.15) is 0 Å². The quantitative estimate of drug-likeness (QED) is 0.878. The van der Waals surface area contributed by atoms with Gasteiger partial charge in [-0.25, -0.2) is 18.1 Å². The molecule has 1 N–H and O–H groups in total. The number of pyridine rings is 1. The molecular formula is C16H18ClN3O3S. The van der Waals surface area contributed by atoms with Crippen molar-refractivity contribution in [3.05, 3.63) is 47.6 Å². The lowest BCUT2D eigenvalue weighted by Gasteiger charge is -2.18. The van der Waals surface area contributed by atoms with Crippen LogP contribution in [0.4, 0.5) is 5.82 Å². The van der Waals surface area contributed by atoms with Crippen LogP contribution in [0.25, 0.3) is 0 Å². The summed E-state index contributed by atoms with van der Waals surface area (Å²) in [7, 11) is -2.15. The zero-order valence-corrected chi connectivity index (χ0v) is 14.7. The summed E-state index contributed by atoms with van der Waals surface area (Å²) >= 11 is 6.02. The predicted molar refractivity (Wildman–Crippen MR) is 93.2 cm³/mol. The number of anilines is 1. The molecule has 1 aliphatic rings. The molecule has 0 spiro atoms. The van der Waals surface area contributed by atoms with Crippen molar-refractivity contribution in [2.75, 3.05) is 25.1 Å². The van der Waals surface area contributed by atoms with Gasteiger partial charge in [0, 0.05) is 25.3 Å². The van der Waals surface area contributed by atoms with Gasteiger partial charge in [0.2, 0.25) is 10.0 Å². The van der Waals surface area contributed by atoms with Crippen LogP contribution in [0.1, 0.15) is 6.42 Å². The Morgan fingerprint density at radius 2 is 2.17 bits per heavy atom. The first kappa shape index (κ1) is 17.0. The third-order valence-corrected chi connectivity index (χ3v) is 5.73. The molecule has 6 nitrogen and oxygen atoms in total. The van der Waals surface area contributed by atoms with Gasteiger partial charge >= 0.3 is 0 Å². The summed E-state index contributed by atoms with van der Waals surface area (Å²) in [6.45, 7) is 1.34. The van der Waals surface area contributed by atoms with E-state index < -0.39 is 10.0 Å². The van der Waals surface area contributed by atoms with E-state index >= 15 is 0 Å². The molecule has 0 radical (unpaired) electrons. The number of hydrogen-bond donors (Lipinski definition) is 1. The highest BCUT2D eigenvalue weighted by atomic mass is 35.5. The maximum atomic E-state index is 12.5. The minimum Gasteiger partial charge on any atom is -0.495 e. The van der Waals surface area contributed by atoms with E-state index in [2.05, 4.69) is 14.6 Å². The van der Waals surface area contributed by atoms with Crippen molar-refractivity contribution in [3.63, 3.8) is 0 Å². The van der Waals surface area contributed by atoms with Crippen LogP contribution in [0.3, 0.4) is 0 Å². The van der Waals surface area contributed by atoms with Crippen molar-refractivity contribution in [1.82, 2.24) is 9.71 Å². The number of halogens is 1. The Labute approximate surface area is 146 Å². The van der Waals surface area contributed by atoms with Gasteiger partial charge in [0.15, 0.2) is 0 Å². The number of nitrogens with one attached hydrogen (secondary N) is 1. The van der Waals surface area contributed by atoms with Crippen LogP contribution in [0.2, 0.25) is 5.02 Å². The minimum absolute atomic E-state index is 0.129. The van der Waals surface area contributed by atoms with E-state index in [1.165, 1.54) is 19.2 Å². The summed E-state index contributed by atoms with van der Waals surface area (Å²) in [4.78, 5) is 6.49. The number of hydrogen-bond acceptors (Lipinski definition) is 5. The fourth-order valence-corrected chi connectivity index (χ4v) is 4.32. The van der Waals surface area contributed by atoms with E-state index in [1.54, 1.807) is 12.3 Å². The van der Waals surface area contributed by atoms with Crippen molar-refractivity contribution in [3.8, 4) is 5.75 Å². The fourth-order valence-electron chi connectivity index (χ4n) is 2.71. The average molecular weight is 368 g/mol. The molecule has 2 aromatic rings. The first-order valence-electron chi connectivity index (χ1n) is 7.51. The summed E-state index contributed by atoms with van der Waals surface area (Å²) in [6, 6.07) is 9.95. The molecule has 1 aliphatic heterocycles. The lowest BCUT2D eigenvalue weighted by molar-refractivity contribution is 0.414. The van der Waals surface area contributed by atoms with Gasteiger partial charge in [0.05, 0.1) is 17.0 Å². The second-order valence-corrected chi connectivity index (χ2v) is 7.66. The Morgan fingerprint density at radius 3 is 2.83 bits per heavy atom. The lowest BCUT2D eigenvalue weighted by Crippen LogP contribution is -2.37. The van der Waals surface area contributed by atoms with E-state index in [1.807, 2.05) is 18.2 Å². The van der Waals surface area contributed by atoms with E-state index in [9.17, 15) is 8.42 Å². The van der Waals surface area contributed by atoms with Gasteiger partial charge < -0.3 is 9.64 Å². The second-order valence-electron chi connectivity index (χ2n) is 5.54. The van der Waals surface area contributed by atoms with Crippen LogP contribution in [-0.2, 0) is 10.0 Å². The molecule has 1 saturated heterocycles. The molecule has 1 atom stereocenters. The molecule has 0 unspecified atom stereocenters. The number of benzene rings is 1. The number of nitrogens with zero attached hydrogens (tertiary/aromatic N) is 2. The smallest absolute Gasteiger partial charge is 0.240 e. The van der Waals surface area contributed by atoms with Crippen LogP contribution in [0.5, 0.6) is 5.75 Å². The number of sulfonamides is 1. The maximum absolute atomic E-state index is 12.5. The van der Waals surface area contributed by atoms with E-state index in [4.69, 9.17) is 16.3 Å². The first-order valence-corrected chi connectivity index (χ1v) is 9.37. The normalized spacial score (nSPS) is 17.9. The zero-order valence-electron chi connectivity index (χ0n) is 13.1. The van der Waals surface area contributed by atoms with Crippen LogP contribution >= 0.6 is 11.6 Å². The summed E-state index contributed by atoms with van der Waals surface area (Å²) in [5.41, 5.74) is 0. The molecule has 0 bridgehead atoms. The van der Waals surface area contributed by atoms with E-state index in [-0.39, 0.29) is 16.0 Å². The predicted octanol–water partition coefficient (Wildman–Crippen LogP) is 2.30. The molecule has 2 heterocycles. The number of rotatable bonds is 5. The highest BCUT2D eigenvalue weighted by Gasteiger charge is 2.28. The third-order valence-electron chi connectivity index (χ3n) is 3.92. The van der Waals surface area contributed by atoms with Crippen LogP contribution in [0.15, 0.2) is 47.5 Å². The standard InChI is InChI=1S/C16H18ClN3O3S/c1-23-15-6-5-13(10-14(15)17)24(21,22)19-12-7-9-20(11-12)16-4-2-3-8-18-16/h2-6,8,10,12,19H,7,9,11H2,1H3/t12-/m0/s1. The van der Waals surface area contributed by atoms with Crippen molar-refractivity contribution in [2.24, 2.45) is 0 Å². The molecule has 8 heteroatoms. The van der Waals surface area contributed by atoms with Gasteiger partial charge in [0.25, 0.3) is 0 Å². The summed E-state index contributed by atoms with van der Waals surface area (Å²) in [5.74, 6) is 1.30. The highest BCUT2D eigenvalue weighted by Crippen LogP contribution is 2.27.